The highest BCUT2D eigenvalue weighted by Gasteiger charge is 2.11. The summed E-state index contributed by atoms with van der Waals surface area (Å²) in [5, 5.41) is 2.33. The van der Waals surface area contributed by atoms with Gasteiger partial charge in [0.1, 0.15) is 0 Å². The summed E-state index contributed by atoms with van der Waals surface area (Å²) in [6.45, 7) is 4.10. The molecule has 0 aliphatic rings. The molecule has 22 heavy (non-hydrogen) atoms. The monoisotopic (exact) mass is 308 g/mol. The Bertz CT molecular complexity index is 970. The number of hydrogen-bond donors (Lipinski definition) is 0. The van der Waals surface area contributed by atoms with Gasteiger partial charge in [0, 0.05) is 11.3 Å². The summed E-state index contributed by atoms with van der Waals surface area (Å²) in [6, 6.07) is 12.3. The number of carbonyl (C=O) groups excluding carboxylic acids is 1. The Balaban J connectivity index is 2.37. The molecule has 0 atom stereocenters. The van der Waals surface area contributed by atoms with Crippen molar-refractivity contribution in [3.63, 3.8) is 0 Å². The number of hydrogen-bond acceptors (Lipinski definition) is 2. The van der Waals surface area contributed by atoms with Crippen LogP contribution >= 0.6 is 11.3 Å². The molecule has 0 bridgehead atoms. The Labute approximate surface area is 132 Å². The van der Waals surface area contributed by atoms with Crippen LogP contribution in [0.5, 0.6) is 0 Å². The Hall–Kier alpha value is -2.38. The Morgan fingerprint density at radius 2 is 2.09 bits per heavy atom. The molecular formula is C18H16N2OS. The molecule has 0 aliphatic carbocycles. The standard InChI is InChI=1S/C18H16N2OS/c1-4-11-20-15-10-9-13-7-5-6-8-14(13)16(15)22-18(20)19-17(21)12(2)3/h1,5-10,12H,11H2,2-3H3. The first-order chi connectivity index (χ1) is 10.6. The summed E-state index contributed by atoms with van der Waals surface area (Å²) < 4.78 is 3.05. The average Bonchev–Trinajstić information content (AvgIpc) is 2.86. The number of nitrogens with zero attached hydrogens (tertiary/aromatic N) is 2. The van der Waals surface area contributed by atoms with Crippen molar-refractivity contribution in [2.24, 2.45) is 10.9 Å². The smallest absolute Gasteiger partial charge is 0.250 e. The van der Waals surface area contributed by atoms with E-state index in [0.29, 0.717) is 11.3 Å². The van der Waals surface area contributed by atoms with Crippen molar-refractivity contribution in [3.05, 3.63) is 41.2 Å². The second kappa shape index (κ2) is 5.78. The second-order valence-electron chi connectivity index (χ2n) is 5.41. The van der Waals surface area contributed by atoms with Crippen molar-refractivity contribution in [2.45, 2.75) is 20.4 Å². The van der Waals surface area contributed by atoms with Crippen LogP contribution in [0.15, 0.2) is 41.4 Å². The third-order valence-corrected chi connectivity index (χ3v) is 4.65. The van der Waals surface area contributed by atoms with Crippen LogP contribution in [0.2, 0.25) is 0 Å². The lowest BCUT2D eigenvalue weighted by atomic mass is 10.1. The predicted molar refractivity (Wildman–Crippen MR) is 91.6 cm³/mol. The Morgan fingerprint density at radius 1 is 1.32 bits per heavy atom. The number of amides is 1. The van der Waals surface area contributed by atoms with Gasteiger partial charge in [-0.15, -0.1) is 6.42 Å². The zero-order valence-corrected chi connectivity index (χ0v) is 13.4. The summed E-state index contributed by atoms with van der Waals surface area (Å²) in [4.78, 5) is 16.9. The summed E-state index contributed by atoms with van der Waals surface area (Å²) in [6.07, 6.45) is 5.49. The van der Waals surface area contributed by atoms with E-state index in [9.17, 15) is 4.79 Å². The number of carbonyl (C=O) groups is 1. The third-order valence-electron chi connectivity index (χ3n) is 3.52. The third kappa shape index (κ3) is 2.44. The van der Waals surface area contributed by atoms with Crippen molar-refractivity contribution in [2.75, 3.05) is 0 Å². The number of benzene rings is 2. The largest absolute Gasteiger partial charge is 0.305 e. The van der Waals surface area contributed by atoms with Crippen molar-refractivity contribution < 1.29 is 4.79 Å². The molecule has 110 valence electrons. The van der Waals surface area contributed by atoms with Gasteiger partial charge < -0.3 is 4.57 Å². The molecule has 4 heteroatoms. The van der Waals surface area contributed by atoms with Gasteiger partial charge in [-0.05, 0) is 11.5 Å². The van der Waals surface area contributed by atoms with Crippen molar-refractivity contribution >= 4 is 38.2 Å². The van der Waals surface area contributed by atoms with E-state index in [1.165, 1.54) is 16.7 Å². The van der Waals surface area contributed by atoms with Crippen LogP contribution in [0.4, 0.5) is 0 Å². The van der Waals surface area contributed by atoms with Crippen LogP contribution < -0.4 is 4.80 Å². The maximum absolute atomic E-state index is 12.0. The molecule has 0 spiro atoms. The minimum Gasteiger partial charge on any atom is -0.305 e. The highest BCUT2D eigenvalue weighted by atomic mass is 32.1. The molecule has 0 unspecified atom stereocenters. The fourth-order valence-electron chi connectivity index (χ4n) is 2.35. The van der Waals surface area contributed by atoms with Gasteiger partial charge in [-0.1, -0.05) is 61.4 Å². The van der Waals surface area contributed by atoms with Crippen molar-refractivity contribution in [1.82, 2.24) is 4.57 Å². The fraction of sp³-hybridized carbons (Fsp3) is 0.222. The quantitative estimate of drug-likeness (QED) is 0.666. The highest BCUT2D eigenvalue weighted by Crippen LogP contribution is 2.27. The summed E-state index contributed by atoms with van der Waals surface area (Å²) >= 11 is 1.52. The molecule has 1 heterocycles. The molecule has 0 N–H and O–H groups in total. The lowest BCUT2D eigenvalue weighted by Gasteiger charge is -2.02. The van der Waals surface area contributed by atoms with Crippen LogP contribution in [-0.2, 0) is 11.3 Å². The first-order valence-electron chi connectivity index (χ1n) is 7.15. The van der Waals surface area contributed by atoms with Crippen molar-refractivity contribution in [1.29, 1.82) is 0 Å². The predicted octanol–water partition coefficient (Wildman–Crippen LogP) is 3.57. The van der Waals surface area contributed by atoms with Gasteiger partial charge in [-0.2, -0.15) is 4.99 Å². The number of rotatable bonds is 2. The van der Waals surface area contributed by atoms with E-state index in [-0.39, 0.29) is 11.8 Å². The number of aromatic nitrogens is 1. The SMILES string of the molecule is C#CCn1c(=NC(=O)C(C)C)sc2c3ccccc3ccc21. The maximum atomic E-state index is 12.0. The molecule has 3 aromatic rings. The van der Waals surface area contributed by atoms with Crippen LogP contribution in [0, 0.1) is 18.3 Å². The van der Waals surface area contributed by atoms with Gasteiger partial charge in [0.15, 0.2) is 4.80 Å². The molecular weight excluding hydrogens is 292 g/mol. The fourth-order valence-corrected chi connectivity index (χ4v) is 3.52. The summed E-state index contributed by atoms with van der Waals surface area (Å²) in [5.74, 6) is 2.40. The molecule has 2 aromatic carbocycles. The van der Waals surface area contributed by atoms with Gasteiger partial charge in [-0.3, -0.25) is 4.79 Å². The van der Waals surface area contributed by atoms with Crippen LogP contribution in [-0.4, -0.2) is 10.5 Å². The lowest BCUT2D eigenvalue weighted by molar-refractivity contribution is -0.120. The van der Waals surface area contributed by atoms with Crippen LogP contribution in [0.1, 0.15) is 13.8 Å². The average molecular weight is 308 g/mol. The van der Waals surface area contributed by atoms with Gasteiger partial charge in [0.2, 0.25) is 0 Å². The van der Waals surface area contributed by atoms with E-state index in [4.69, 9.17) is 6.42 Å². The minimum atomic E-state index is -0.124. The topological polar surface area (TPSA) is 34.4 Å². The van der Waals surface area contributed by atoms with Gasteiger partial charge in [0.05, 0.1) is 16.8 Å². The van der Waals surface area contributed by atoms with E-state index in [1.807, 2.05) is 36.6 Å². The van der Waals surface area contributed by atoms with Crippen LogP contribution in [0.3, 0.4) is 0 Å². The molecule has 0 saturated carbocycles. The summed E-state index contributed by atoms with van der Waals surface area (Å²) in [7, 11) is 0. The van der Waals surface area contributed by atoms with Crippen LogP contribution in [0.25, 0.3) is 21.0 Å². The molecule has 0 radical (unpaired) electrons. The minimum absolute atomic E-state index is 0.123. The highest BCUT2D eigenvalue weighted by molar-refractivity contribution is 7.17. The normalized spacial score (nSPS) is 12.2. The molecule has 0 fully saturated rings. The number of terminal acetylenes is 1. The first kappa shape index (κ1) is 14.6. The zero-order valence-electron chi connectivity index (χ0n) is 12.5. The zero-order chi connectivity index (χ0) is 15.7. The molecule has 3 rings (SSSR count). The van der Waals surface area contributed by atoms with Crippen molar-refractivity contribution in [3.8, 4) is 12.3 Å². The van der Waals surface area contributed by atoms with E-state index >= 15 is 0 Å². The maximum Gasteiger partial charge on any atom is 0.250 e. The van der Waals surface area contributed by atoms with E-state index in [2.05, 4.69) is 29.1 Å². The molecule has 1 aromatic heterocycles. The van der Waals surface area contributed by atoms with E-state index in [1.54, 1.807) is 0 Å². The van der Waals surface area contributed by atoms with Gasteiger partial charge in [0.25, 0.3) is 5.91 Å². The number of fused-ring (bicyclic) bond motifs is 3. The molecule has 1 amide bonds. The molecule has 0 aliphatic heterocycles. The number of thiazole rings is 1. The van der Waals surface area contributed by atoms with Gasteiger partial charge in [-0.25, -0.2) is 0 Å². The first-order valence-corrected chi connectivity index (χ1v) is 7.96. The molecule has 3 nitrogen and oxygen atoms in total. The lowest BCUT2D eigenvalue weighted by Crippen LogP contribution is -2.18. The van der Waals surface area contributed by atoms with Gasteiger partial charge >= 0.3 is 0 Å². The van der Waals surface area contributed by atoms with E-state index < -0.39 is 0 Å². The molecule has 0 saturated heterocycles. The summed E-state index contributed by atoms with van der Waals surface area (Å²) in [5.41, 5.74) is 1.02. The Morgan fingerprint density at radius 3 is 2.82 bits per heavy atom. The second-order valence-corrected chi connectivity index (χ2v) is 6.39. The van der Waals surface area contributed by atoms with E-state index in [0.717, 1.165) is 15.6 Å². The Kier molecular flexibility index (Phi) is 3.82.